The van der Waals surface area contributed by atoms with Gasteiger partial charge in [-0.15, -0.1) is 11.8 Å². The Labute approximate surface area is 125 Å². The minimum Gasteiger partial charge on any atom is -0.491 e. The third-order valence-electron chi connectivity index (χ3n) is 3.18. The molecule has 2 nitrogen and oxygen atoms in total. The third kappa shape index (κ3) is 2.95. The highest BCUT2D eigenvalue weighted by molar-refractivity contribution is 9.08. The Morgan fingerprint density at radius 1 is 1.26 bits per heavy atom. The molecule has 1 aromatic carbocycles. The van der Waals surface area contributed by atoms with Crippen LogP contribution in [0.2, 0.25) is 0 Å². The van der Waals surface area contributed by atoms with Gasteiger partial charge in [0.05, 0.1) is 18.5 Å². The maximum absolute atomic E-state index is 5.86. The van der Waals surface area contributed by atoms with Crippen molar-refractivity contribution in [1.82, 2.24) is 4.98 Å². The second-order valence-electron chi connectivity index (χ2n) is 4.48. The van der Waals surface area contributed by atoms with Gasteiger partial charge in [-0.2, -0.15) is 0 Å². The van der Waals surface area contributed by atoms with Gasteiger partial charge in [0, 0.05) is 21.9 Å². The molecule has 1 aromatic heterocycles. The number of pyridine rings is 1. The summed E-state index contributed by atoms with van der Waals surface area (Å²) in [5, 5.41) is 0.778. The van der Waals surface area contributed by atoms with Gasteiger partial charge in [0.15, 0.2) is 0 Å². The fourth-order valence-corrected chi connectivity index (χ4v) is 3.70. The SMILES string of the molecule is BrCc1ccc(OCC2CSc3ccccc32)cn1. The summed E-state index contributed by atoms with van der Waals surface area (Å²) in [6.45, 7) is 0.722. The van der Waals surface area contributed by atoms with Crippen molar-refractivity contribution in [2.75, 3.05) is 12.4 Å². The van der Waals surface area contributed by atoms with Crippen LogP contribution in [0, 0.1) is 0 Å². The summed E-state index contributed by atoms with van der Waals surface area (Å²) in [5.74, 6) is 2.43. The van der Waals surface area contributed by atoms with Gasteiger partial charge in [-0.3, -0.25) is 4.98 Å². The van der Waals surface area contributed by atoms with E-state index in [1.165, 1.54) is 10.5 Å². The van der Waals surface area contributed by atoms with Gasteiger partial charge in [0.25, 0.3) is 0 Å². The van der Waals surface area contributed by atoms with Crippen LogP contribution in [-0.2, 0) is 5.33 Å². The van der Waals surface area contributed by atoms with Crippen molar-refractivity contribution in [2.24, 2.45) is 0 Å². The molecule has 0 saturated heterocycles. The summed E-state index contributed by atoms with van der Waals surface area (Å²) < 4.78 is 5.86. The molecular weight excluding hydrogens is 322 g/mol. The zero-order valence-electron chi connectivity index (χ0n) is 10.4. The number of nitrogens with zero attached hydrogens (tertiary/aromatic N) is 1. The van der Waals surface area contributed by atoms with Crippen molar-refractivity contribution in [2.45, 2.75) is 16.1 Å². The Hall–Kier alpha value is -1.00. The fourth-order valence-electron chi connectivity index (χ4n) is 2.14. The Morgan fingerprint density at radius 2 is 2.16 bits per heavy atom. The standard InChI is InChI=1S/C15H14BrNOS/c16-7-12-5-6-13(8-17-12)18-9-11-10-19-15-4-2-1-3-14(11)15/h1-6,8,11H,7,9-10H2. The topological polar surface area (TPSA) is 22.1 Å². The van der Waals surface area contributed by atoms with Crippen LogP contribution in [0.1, 0.15) is 17.2 Å². The first kappa shape index (κ1) is 13.0. The van der Waals surface area contributed by atoms with Crippen molar-refractivity contribution in [1.29, 1.82) is 0 Å². The van der Waals surface area contributed by atoms with Crippen LogP contribution < -0.4 is 4.74 Å². The van der Waals surface area contributed by atoms with E-state index < -0.39 is 0 Å². The average Bonchev–Trinajstić information content (AvgIpc) is 2.89. The monoisotopic (exact) mass is 335 g/mol. The smallest absolute Gasteiger partial charge is 0.137 e. The number of benzene rings is 1. The van der Waals surface area contributed by atoms with E-state index in [-0.39, 0.29) is 0 Å². The number of halogens is 1. The zero-order valence-corrected chi connectivity index (χ0v) is 12.8. The summed E-state index contributed by atoms with van der Waals surface area (Å²) in [4.78, 5) is 5.70. The molecule has 2 heterocycles. The van der Waals surface area contributed by atoms with Crippen LogP contribution in [0.5, 0.6) is 5.75 Å². The van der Waals surface area contributed by atoms with Crippen molar-refractivity contribution in [3.05, 3.63) is 53.9 Å². The van der Waals surface area contributed by atoms with Crippen molar-refractivity contribution >= 4 is 27.7 Å². The molecule has 4 heteroatoms. The van der Waals surface area contributed by atoms with Crippen molar-refractivity contribution < 1.29 is 4.74 Å². The maximum atomic E-state index is 5.86. The lowest BCUT2D eigenvalue weighted by molar-refractivity contribution is 0.297. The zero-order chi connectivity index (χ0) is 13.1. The quantitative estimate of drug-likeness (QED) is 0.780. The molecule has 1 aliphatic heterocycles. The summed E-state index contributed by atoms with van der Waals surface area (Å²) in [6, 6.07) is 12.6. The van der Waals surface area contributed by atoms with E-state index in [9.17, 15) is 0 Å². The Kier molecular flexibility index (Phi) is 4.09. The molecule has 0 saturated carbocycles. The number of aromatic nitrogens is 1. The van der Waals surface area contributed by atoms with Gasteiger partial charge in [-0.05, 0) is 23.8 Å². The van der Waals surface area contributed by atoms with Gasteiger partial charge >= 0.3 is 0 Å². The minimum absolute atomic E-state index is 0.483. The first-order chi connectivity index (χ1) is 9.36. The van der Waals surface area contributed by atoms with Gasteiger partial charge in [-0.1, -0.05) is 34.1 Å². The molecule has 0 N–H and O–H groups in total. The van der Waals surface area contributed by atoms with Crippen LogP contribution in [-0.4, -0.2) is 17.3 Å². The van der Waals surface area contributed by atoms with Gasteiger partial charge in [-0.25, -0.2) is 0 Å². The number of hydrogen-bond donors (Lipinski definition) is 0. The molecule has 1 unspecified atom stereocenters. The van der Waals surface area contributed by atoms with Crippen LogP contribution >= 0.6 is 27.7 Å². The average molecular weight is 336 g/mol. The normalized spacial score (nSPS) is 17.2. The molecule has 1 atom stereocenters. The Morgan fingerprint density at radius 3 is 2.95 bits per heavy atom. The lowest BCUT2D eigenvalue weighted by Gasteiger charge is -2.12. The molecule has 19 heavy (non-hydrogen) atoms. The van der Waals surface area contributed by atoms with E-state index in [0.29, 0.717) is 5.92 Å². The van der Waals surface area contributed by atoms with Crippen molar-refractivity contribution in [3.63, 3.8) is 0 Å². The van der Waals surface area contributed by atoms with E-state index in [1.807, 2.05) is 23.9 Å². The molecular formula is C15H14BrNOS. The lowest BCUT2D eigenvalue weighted by atomic mass is 10.0. The number of fused-ring (bicyclic) bond motifs is 1. The van der Waals surface area contributed by atoms with E-state index in [0.717, 1.165) is 29.1 Å². The highest BCUT2D eigenvalue weighted by atomic mass is 79.9. The van der Waals surface area contributed by atoms with Crippen molar-refractivity contribution in [3.8, 4) is 5.75 Å². The fraction of sp³-hybridized carbons (Fsp3) is 0.267. The first-order valence-electron chi connectivity index (χ1n) is 6.22. The largest absolute Gasteiger partial charge is 0.491 e. The summed E-state index contributed by atoms with van der Waals surface area (Å²) in [6.07, 6.45) is 1.80. The van der Waals surface area contributed by atoms with E-state index >= 15 is 0 Å². The van der Waals surface area contributed by atoms with E-state index in [1.54, 1.807) is 6.20 Å². The first-order valence-corrected chi connectivity index (χ1v) is 8.33. The van der Waals surface area contributed by atoms with Crippen LogP contribution in [0.4, 0.5) is 0 Å². The van der Waals surface area contributed by atoms with Gasteiger partial charge < -0.3 is 4.74 Å². The third-order valence-corrected chi connectivity index (χ3v) is 5.01. The van der Waals surface area contributed by atoms with Gasteiger partial charge in [0.1, 0.15) is 5.75 Å². The predicted molar refractivity (Wildman–Crippen MR) is 82.3 cm³/mol. The molecule has 3 rings (SSSR count). The Bertz CT molecular complexity index is 558. The summed E-state index contributed by atoms with van der Waals surface area (Å²) in [5.41, 5.74) is 2.44. The van der Waals surface area contributed by atoms with E-state index in [2.05, 4.69) is 45.2 Å². The number of ether oxygens (including phenoxy) is 1. The minimum atomic E-state index is 0.483. The second kappa shape index (κ2) is 5.97. The molecule has 2 aromatic rings. The van der Waals surface area contributed by atoms with Gasteiger partial charge in [0.2, 0.25) is 0 Å². The predicted octanol–water partition coefficient (Wildman–Crippen LogP) is 4.24. The van der Waals surface area contributed by atoms with Crippen LogP contribution in [0.25, 0.3) is 0 Å². The molecule has 1 aliphatic rings. The molecule has 98 valence electrons. The number of thioether (sulfide) groups is 1. The summed E-state index contributed by atoms with van der Waals surface area (Å²) >= 11 is 5.30. The van der Waals surface area contributed by atoms with Crippen LogP contribution in [0.15, 0.2) is 47.5 Å². The number of alkyl halides is 1. The number of hydrogen-bond acceptors (Lipinski definition) is 3. The summed E-state index contributed by atoms with van der Waals surface area (Å²) in [7, 11) is 0. The highest BCUT2D eigenvalue weighted by Gasteiger charge is 2.23. The Balaban J connectivity index is 1.64. The highest BCUT2D eigenvalue weighted by Crippen LogP contribution is 2.39. The molecule has 0 radical (unpaired) electrons. The number of rotatable bonds is 4. The van der Waals surface area contributed by atoms with Crippen LogP contribution in [0.3, 0.4) is 0 Å². The molecule has 0 amide bonds. The molecule has 0 spiro atoms. The second-order valence-corrected chi connectivity index (χ2v) is 6.10. The van der Waals surface area contributed by atoms with E-state index in [4.69, 9.17) is 4.74 Å². The lowest BCUT2D eigenvalue weighted by Crippen LogP contribution is -2.09. The maximum Gasteiger partial charge on any atom is 0.137 e. The molecule has 0 fully saturated rings. The molecule has 0 bridgehead atoms. The molecule has 0 aliphatic carbocycles.